The van der Waals surface area contributed by atoms with Gasteiger partial charge in [-0.2, -0.15) is 0 Å². The van der Waals surface area contributed by atoms with Gasteiger partial charge in [0.05, 0.1) is 20.7 Å². The SMILES string of the molecule is CCCCCCCCCCCCCCCCOCC(O)C[N+](C)(C)CCOP(=O)(O)O. The van der Waals surface area contributed by atoms with Gasteiger partial charge in [0.1, 0.15) is 25.8 Å². The van der Waals surface area contributed by atoms with E-state index in [1.54, 1.807) is 0 Å². The van der Waals surface area contributed by atoms with E-state index in [9.17, 15) is 9.67 Å². The third-order valence-corrected chi connectivity index (χ3v) is 6.13. The number of rotatable bonds is 23. The summed E-state index contributed by atoms with van der Waals surface area (Å²) in [4.78, 5) is 17.4. The van der Waals surface area contributed by atoms with E-state index in [4.69, 9.17) is 14.5 Å². The number of hydrogen-bond acceptors (Lipinski definition) is 4. The molecule has 0 aliphatic heterocycles. The van der Waals surface area contributed by atoms with Crippen LogP contribution in [0, 0.1) is 0 Å². The molecule has 0 bridgehead atoms. The molecule has 0 radical (unpaired) electrons. The van der Waals surface area contributed by atoms with Crippen LogP contribution in [0.15, 0.2) is 0 Å². The Morgan fingerprint density at radius 3 is 1.68 bits per heavy atom. The molecule has 31 heavy (non-hydrogen) atoms. The van der Waals surface area contributed by atoms with Crippen LogP contribution in [0.25, 0.3) is 0 Å². The van der Waals surface area contributed by atoms with Gasteiger partial charge in [-0.25, -0.2) is 4.57 Å². The van der Waals surface area contributed by atoms with Gasteiger partial charge < -0.3 is 24.1 Å². The highest BCUT2D eigenvalue weighted by atomic mass is 31.2. The number of quaternary nitrogens is 1. The van der Waals surface area contributed by atoms with Crippen LogP contribution in [0.1, 0.15) is 96.8 Å². The van der Waals surface area contributed by atoms with Crippen LogP contribution in [0.5, 0.6) is 0 Å². The van der Waals surface area contributed by atoms with E-state index in [2.05, 4.69) is 11.4 Å². The fourth-order valence-corrected chi connectivity index (χ4v) is 4.06. The van der Waals surface area contributed by atoms with E-state index in [0.29, 0.717) is 30.8 Å². The van der Waals surface area contributed by atoms with Crippen molar-refractivity contribution in [1.82, 2.24) is 0 Å². The predicted octanol–water partition coefficient (Wildman–Crippen LogP) is 5.03. The zero-order valence-corrected chi connectivity index (χ0v) is 21.4. The third-order valence-electron chi connectivity index (χ3n) is 5.61. The first kappa shape index (κ1) is 31.0. The van der Waals surface area contributed by atoms with Gasteiger partial charge in [-0.15, -0.1) is 0 Å². The second-order valence-electron chi connectivity index (χ2n) is 9.49. The van der Waals surface area contributed by atoms with Crippen molar-refractivity contribution >= 4 is 7.82 Å². The standard InChI is InChI=1S/C23H50NO6P/c1-4-5-6-7-8-9-10-11-12-13-14-15-16-17-19-29-22-23(25)21-24(2,3)18-20-30-31(26,27)28/h23,25H,4-22H2,1-3H3,(H-,26,27,28)/p+1. The summed E-state index contributed by atoms with van der Waals surface area (Å²) in [6.07, 6.45) is 18.0. The van der Waals surface area contributed by atoms with Gasteiger partial charge in [0.2, 0.25) is 0 Å². The van der Waals surface area contributed by atoms with E-state index < -0.39 is 13.9 Å². The molecule has 0 aromatic carbocycles. The zero-order chi connectivity index (χ0) is 23.4. The molecule has 0 aliphatic carbocycles. The number of hydrogen-bond donors (Lipinski definition) is 3. The van der Waals surface area contributed by atoms with Crippen LogP contribution in [0.2, 0.25) is 0 Å². The minimum atomic E-state index is -4.43. The number of aliphatic hydroxyl groups excluding tert-OH is 1. The maximum atomic E-state index is 10.7. The van der Waals surface area contributed by atoms with Gasteiger partial charge in [-0.3, -0.25) is 4.52 Å². The molecular weight excluding hydrogens is 417 g/mol. The van der Waals surface area contributed by atoms with Crippen molar-refractivity contribution in [3.63, 3.8) is 0 Å². The topological polar surface area (TPSA) is 96.2 Å². The summed E-state index contributed by atoms with van der Waals surface area (Å²) in [5.74, 6) is 0. The van der Waals surface area contributed by atoms with E-state index >= 15 is 0 Å². The Morgan fingerprint density at radius 1 is 0.774 bits per heavy atom. The summed E-state index contributed by atoms with van der Waals surface area (Å²) in [6.45, 7) is 4.03. The number of unbranched alkanes of at least 4 members (excludes halogenated alkanes) is 13. The van der Waals surface area contributed by atoms with Crippen LogP contribution >= 0.6 is 7.82 Å². The molecule has 0 heterocycles. The van der Waals surface area contributed by atoms with E-state index in [0.717, 1.165) is 6.42 Å². The average molecular weight is 469 g/mol. The molecule has 8 heteroatoms. The summed E-state index contributed by atoms with van der Waals surface area (Å²) >= 11 is 0. The summed E-state index contributed by atoms with van der Waals surface area (Å²) in [7, 11) is -0.653. The molecule has 1 unspecified atom stereocenters. The molecule has 0 aliphatic rings. The van der Waals surface area contributed by atoms with Crippen LogP contribution in [0.4, 0.5) is 0 Å². The quantitative estimate of drug-likeness (QED) is 0.111. The molecule has 1 atom stereocenters. The molecule has 0 saturated heterocycles. The van der Waals surface area contributed by atoms with Crippen molar-refractivity contribution in [3.8, 4) is 0 Å². The Kier molecular flexibility index (Phi) is 19.5. The highest BCUT2D eigenvalue weighted by molar-refractivity contribution is 7.46. The molecule has 0 rings (SSSR count). The van der Waals surface area contributed by atoms with Crippen molar-refractivity contribution in [1.29, 1.82) is 0 Å². The zero-order valence-electron chi connectivity index (χ0n) is 20.5. The van der Waals surface area contributed by atoms with Crippen LogP contribution in [0.3, 0.4) is 0 Å². The number of phosphoric acid groups is 1. The second kappa shape index (κ2) is 19.5. The largest absolute Gasteiger partial charge is 0.469 e. The van der Waals surface area contributed by atoms with Crippen LogP contribution < -0.4 is 0 Å². The minimum absolute atomic E-state index is 0.0517. The van der Waals surface area contributed by atoms with Gasteiger partial charge in [0, 0.05) is 6.61 Å². The lowest BCUT2D eigenvalue weighted by atomic mass is 10.0. The van der Waals surface area contributed by atoms with Crippen LogP contribution in [-0.4, -0.2) is 72.5 Å². The maximum Gasteiger partial charge on any atom is 0.469 e. The molecule has 7 nitrogen and oxygen atoms in total. The van der Waals surface area contributed by atoms with Gasteiger partial charge >= 0.3 is 7.82 Å². The smallest absolute Gasteiger partial charge is 0.385 e. The van der Waals surface area contributed by atoms with Crippen molar-refractivity contribution in [3.05, 3.63) is 0 Å². The lowest BCUT2D eigenvalue weighted by molar-refractivity contribution is -0.893. The second-order valence-corrected chi connectivity index (χ2v) is 10.7. The molecule has 0 spiro atoms. The van der Waals surface area contributed by atoms with Gasteiger partial charge in [0.25, 0.3) is 0 Å². The minimum Gasteiger partial charge on any atom is -0.385 e. The fraction of sp³-hybridized carbons (Fsp3) is 1.00. The summed E-state index contributed by atoms with van der Waals surface area (Å²) in [6, 6.07) is 0. The summed E-state index contributed by atoms with van der Waals surface area (Å²) in [5, 5.41) is 10.1. The molecular formula is C23H51NO6P+. The normalized spacial score (nSPS) is 13.6. The highest BCUT2D eigenvalue weighted by Gasteiger charge is 2.23. The average Bonchev–Trinajstić information content (AvgIpc) is 2.66. The number of likely N-dealkylation sites (N-methyl/N-ethyl adjacent to an activating group) is 1. The highest BCUT2D eigenvalue weighted by Crippen LogP contribution is 2.35. The Balaban J connectivity index is 3.41. The molecule has 3 N–H and O–H groups in total. The van der Waals surface area contributed by atoms with Crippen molar-refractivity contribution in [2.24, 2.45) is 0 Å². The van der Waals surface area contributed by atoms with Crippen molar-refractivity contribution in [2.45, 2.75) is 103 Å². The number of phosphoric ester groups is 1. The molecule has 0 aromatic heterocycles. The predicted molar refractivity (Wildman–Crippen MR) is 127 cm³/mol. The van der Waals surface area contributed by atoms with Gasteiger partial charge in [-0.05, 0) is 6.42 Å². The van der Waals surface area contributed by atoms with Gasteiger partial charge in [0.15, 0.2) is 0 Å². The first-order valence-electron chi connectivity index (χ1n) is 12.4. The molecule has 0 saturated carbocycles. The number of ether oxygens (including phenoxy) is 1. The Bertz CT molecular complexity index is 444. The number of nitrogens with zero attached hydrogens (tertiary/aromatic N) is 1. The van der Waals surface area contributed by atoms with Crippen molar-refractivity contribution < 1.29 is 33.2 Å². The Hall–Kier alpha value is -0.0100. The molecule has 0 amide bonds. The lowest BCUT2D eigenvalue weighted by Gasteiger charge is -2.31. The maximum absolute atomic E-state index is 10.7. The van der Waals surface area contributed by atoms with Crippen LogP contribution in [-0.2, 0) is 13.8 Å². The molecule has 0 aromatic rings. The third kappa shape index (κ3) is 24.5. The van der Waals surface area contributed by atoms with Crippen molar-refractivity contribution in [2.75, 3.05) is 47.0 Å². The molecule has 188 valence electrons. The van der Waals surface area contributed by atoms with E-state index in [1.807, 2.05) is 14.1 Å². The first-order valence-corrected chi connectivity index (χ1v) is 14.0. The lowest BCUT2D eigenvalue weighted by Crippen LogP contribution is -2.48. The first-order chi connectivity index (χ1) is 14.7. The van der Waals surface area contributed by atoms with E-state index in [1.165, 1.54) is 83.5 Å². The Morgan fingerprint density at radius 2 is 1.23 bits per heavy atom. The van der Waals surface area contributed by atoms with E-state index in [-0.39, 0.29) is 6.61 Å². The Labute approximate surface area is 191 Å². The summed E-state index contributed by atoms with van der Waals surface area (Å²) in [5.41, 5.74) is 0. The summed E-state index contributed by atoms with van der Waals surface area (Å²) < 4.78 is 21.2. The monoisotopic (exact) mass is 468 g/mol. The number of aliphatic hydroxyl groups is 1. The molecule has 0 fully saturated rings. The fourth-order valence-electron chi connectivity index (χ4n) is 3.74. The van der Waals surface area contributed by atoms with Gasteiger partial charge in [-0.1, -0.05) is 90.4 Å².